The van der Waals surface area contributed by atoms with Crippen molar-refractivity contribution in [2.45, 2.75) is 25.8 Å². The highest BCUT2D eigenvalue weighted by molar-refractivity contribution is 5.77. The van der Waals surface area contributed by atoms with Crippen LogP contribution in [-0.4, -0.2) is 67.4 Å². The van der Waals surface area contributed by atoms with Gasteiger partial charge < -0.3 is 10.2 Å². The van der Waals surface area contributed by atoms with Crippen molar-refractivity contribution < 1.29 is 4.79 Å². The Kier molecular flexibility index (Phi) is 4.36. The van der Waals surface area contributed by atoms with E-state index in [1.54, 1.807) is 6.34 Å². The van der Waals surface area contributed by atoms with Gasteiger partial charge >= 0.3 is 0 Å². The molecule has 0 aromatic carbocycles. The number of carbonyl (C=O) groups is 1. The lowest BCUT2D eigenvalue weighted by molar-refractivity contribution is -0.133. The Morgan fingerprint density at radius 3 is 2.76 bits per heavy atom. The molecule has 0 saturated carbocycles. The van der Waals surface area contributed by atoms with E-state index >= 15 is 0 Å². The van der Waals surface area contributed by atoms with Gasteiger partial charge in [0.2, 0.25) is 5.91 Å². The second-order valence-corrected chi connectivity index (χ2v) is 4.78. The van der Waals surface area contributed by atoms with Crippen molar-refractivity contribution in [1.29, 1.82) is 0 Å². The largest absolute Gasteiger partial charge is 0.371 e. The van der Waals surface area contributed by atoms with Crippen LogP contribution in [0.3, 0.4) is 0 Å². The summed E-state index contributed by atoms with van der Waals surface area (Å²) >= 11 is 0. The van der Waals surface area contributed by atoms with Crippen molar-refractivity contribution in [3.8, 4) is 0 Å². The molecule has 5 nitrogen and oxygen atoms in total. The van der Waals surface area contributed by atoms with Crippen molar-refractivity contribution in [2.75, 3.05) is 39.3 Å². The zero-order valence-corrected chi connectivity index (χ0v) is 10.6. The van der Waals surface area contributed by atoms with Crippen LogP contribution in [0.4, 0.5) is 0 Å². The zero-order valence-electron chi connectivity index (χ0n) is 10.6. The van der Waals surface area contributed by atoms with Crippen molar-refractivity contribution in [3.05, 3.63) is 0 Å². The predicted molar refractivity (Wildman–Crippen MR) is 68.2 cm³/mol. The number of carbonyl (C=O) groups excluding carboxylic acids is 1. The molecule has 2 heterocycles. The number of rotatable bonds is 4. The minimum absolute atomic E-state index is 0.219. The summed E-state index contributed by atoms with van der Waals surface area (Å²) in [5, 5.41) is 3.11. The van der Waals surface area contributed by atoms with Crippen molar-refractivity contribution in [2.24, 2.45) is 4.99 Å². The highest BCUT2D eigenvalue weighted by Crippen LogP contribution is 2.07. The molecule has 1 fully saturated rings. The smallest absolute Gasteiger partial charge is 0.224 e. The monoisotopic (exact) mass is 238 g/mol. The minimum atomic E-state index is 0.219. The number of nitrogens with zero attached hydrogens (tertiary/aromatic N) is 3. The standard InChI is InChI=1S/C12H22N4O/c1-2-3-15-4-6-16(7-5-15)12(17)8-11-9-13-10-14-11/h10-11H,2-9H2,1H3,(H,13,14). The highest BCUT2D eigenvalue weighted by atomic mass is 16.2. The summed E-state index contributed by atoms with van der Waals surface area (Å²) in [4.78, 5) is 20.5. The van der Waals surface area contributed by atoms with E-state index in [1.807, 2.05) is 4.90 Å². The third kappa shape index (κ3) is 3.43. The second kappa shape index (κ2) is 6.00. The third-order valence-corrected chi connectivity index (χ3v) is 3.41. The Bertz CT molecular complexity index is 276. The fourth-order valence-electron chi connectivity index (χ4n) is 2.39. The molecule has 0 aromatic rings. The van der Waals surface area contributed by atoms with E-state index in [-0.39, 0.29) is 11.9 Å². The average Bonchev–Trinajstić information content (AvgIpc) is 2.83. The van der Waals surface area contributed by atoms with Gasteiger partial charge in [0.15, 0.2) is 0 Å². The summed E-state index contributed by atoms with van der Waals surface area (Å²) < 4.78 is 0. The molecule has 0 radical (unpaired) electrons. The van der Waals surface area contributed by atoms with E-state index in [2.05, 4.69) is 22.1 Å². The molecule has 5 heteroatoms. The Balaban J connectivity index is 1.70. The first-order valence-electron chi connectivity index (χ1n) is 6.54. The van der Waals surface area contributed by atoms with Gasteiger partial charge in [-0.05, 0) is 13.0 Å². The molecule has 1 amide bonds. The molecule has 2 rings (SSSR count). The van der Waals surface area contributed by atoms with Crippen LogP contribution < -0.4 is 5.32 Å². The number of nitrogens with one attached hydrogen (secondary N) is 1. The Labute approximate surface area is 103 Å². The lowest BCUT2D eigenvalue weighted by Gasteiger charge is -2.35. The number of hydrogen-bond acceptors (Lipinski definition) is 4. The Morgan fingerprint density at radius 2 is 2.18 bits per heavy atom. The molecular weight excluding hydrogens is 216 g/mol. The van der Waals surface area contributed by atoms with E-state index in [9.17, 15) is 4.79 Å². The molecule has 1 atom stereocenters. The maximum Gasteiger partial charge on any atom is 0.224 e. The second-order valence-electron chi connectivity index (χ2n) is 4.78. The van der Waals surface area contributed by atoms with Crippen molar-refractivity contribution in [1.82, 2.24) is 15.1 Å². The maximum absolute atomic E-state index is 12.0. The fourth-order valence-corrected chi connectivity index (χ4v) is 2.39. The quantitative estimate of drug-likeness (QED) is 0.746. The average molecular weight is 238 g/mol. The molecule has 1 N–H and O–H groups in total. The molecule has 2 aliphatic rings. The van der Waals surface area contributed by atoms with E-state index in [4.69, 9.17) is 0 Å². The fraction of sp³-hybridized carbons (Fsp3) is 0.833. The zero-order chi connectivity index (χ0) is 12.1. The summed E-state index contributed by atoms with van der Waals surface area (Å²) in [6.07, 6.45) is 3.47. The molecule has 1 unspecified atom stereocenters. The minimum Gasteiger partial charge on any atom is -0.371 e. The summed E-state index contributed by atoms with van der Waals surface area (Å²) in [7, 11) is 0. The van der Waals surface area contributed by atoms with Crippen LogP contribution in [0.2, 0.25) is 0 Å². The van der Waals surface area contributed by atoms with Gasteiger partial charge in [-0.1, -0.05) is 6.92 Å². The lowest BCUT2D eigenvalue weighted by Crippen LogP contribution is -2.49. The first kappa shape index (κ1) is 12.4. The van der Waals surface area contributed by atoms with Crippen LogP contribution in [0.25, 0.3) is 0 Å². The SMILES string of the molecule is CCCN1CCN(C(=O)CC2CN=CN2)CC1. The van der Waals surface area contributed by atoms with Gasteiger partial charge in [0.05, 0.1) is 18.9 Å². The molecule has 96 valence electrons. The molecule has 17 heavy (non-hydrogen) atoms. The molecule has 0 spiro atoms. The van der Waals surface area contributed by atoms with E-state index in [1.165, 1.54) is 6.42 Å². The molecule has 0 bridgehead atoms. The highest BCUT2D eigenvalue weighted by Gasteiger charge is 2.23. The molecule has 0 aromatic heterocycles. The normalized spacial score (nSPS) is 25.0. The van der Waals surface area contributed by atoms with Gasteiger partial charge in [-0.25, -0.2) is 0 Å². The lowest BCUT2D eigenvalue weighted by atomic mass is 10.2. The van der Waals surface area contributed by atoms with Crippen LogP contribution in [0.5, 0.6) is 0 Å². The van der Waals surface area contributed by atoms with Gasteiger partial charge in [-0.3, -0.25) is 14.7 Å². The number of aliphatic imine (C=N–C) groups is 1. The van der Waals surface area contributed by atoms with Gasteiger partial charge in [-0.2, -0.15) is 0 Å². The van der Waals surface area contributed by atoms with Gasteiger partial charge in [0.1, 0.15) is 0 Å². The summed E-state index contributed by atoms with van der Waals surface area (Å²) in [5.41, 5.74) is 0. The van der Waals surface area contributed by atoms with Crippen LogP contribution in [-0.2, 0) is 4.79 Å². The summed E-state index contributed by atoms with van der Waals surface area (Å²) in [5.74, 6) is 0.268. The van der Waals surface area contributed by atoms with Crippen molar-refractivity contribution in [3.63, 3.8) is 0 Å². The molecule has 2 aliphatic heterocycles. The number of amides is 1. The van der Waals surface area contributed by atoms with Crippen LogP contribution in [0.15, 0.2) is 4.99 Å². The van der Waals surface area contributed by atoms with Crippen LogP contribution in [0.1, 0.15) is 19.8 Å². The predicted octanol–water partition coefficient (Wildman–Crippen LogP) is -0.0692. The van der Waals surface area contributed by atoms with Gasteiger partial charge in [0.25, 0.3) is 0 Å². The molecular formula is C12H22N4O. The number of hydrogen-bond donors (Lipinski definition) is 1. The van der Waals surface area contributed by atoms with Gasteiger partial charge in [-0.15, -0.1) is 0 Å². The van der Waals surface area contributed by atoms with Gasteiger partial charge in [0, 0.05) is 32.6 Å². The van der Waals surface area contributed by atoms with Crippen molar-refractivity contribution >= 4 is 12.2 Å². The maximum atomic E-state index is 12.0. The number of piperazine rings is 1. The van der Waals surface area contributed by atoms with E-state index in [0.717, 1.165) is 39.3 Å². The third-order valence-electron chi connectivity index (χ3n) is 3.41. The molecule has 0 aliphatic carbocycles. The summed E-state index contributed by atoms with van der Waals surface area (Å²) in [6, 6.07) is 0.219. The summed E-state index contributed by atoms with van der Waals surface area (Å²) in [6.45, 7) is 7.89. The Morgan fingerprint density at radius 1 is 1.41 bits per heavy atom. The van der Waals surface area contributed by atoms with Crippen LogP contribution >= 0.6 is 0 Å². The Hall–Kier alpha value is -1.10. The first-order valence-corrected chi connectivity index (χ1v) is 6.54. The first-order chi connectivity index (χ1) is 8.29. The molecule has 1 saturated heterocycles. The van der Waals surface area contributed by atoms with Crippen LogP contribution in [0, 0.1) is 0 Å². The van der Waals surface area contributed by atoms with E-state index < -0.39 is 0 Å². The topological polar surface area (TPSA) is 47.9 Å². The van der Waals surface area contributed by atoms with E-state index in [0.29, 0.717) is 6.42 Å².